The van der Waals surface area contributed by atoms with Gasteiger partial charge < -0.3 is 5.32 Å². The topological polar surface area (TPSA) is 12.0 Å². The van der Waals surface area contributed by atoms with E-state index in [0.29, 0.717) is 11.6 Å². The SMILES string of the molecule is CC(C)(NCC(Cl)=CCl)C1CC1. The van der Waals surface area contributed by atoms with Gasteiger partial charge in [-0.2, -0.15) is 0 Å². The first-order valence-corrected chi connectivity index (χ1v) is 5.07. The van der Waals surface area contributed by atoms with E-state index in [-0.39, 0.29) is 5.54 Å². The van der Waals surface area contributed by atoms with Crippen molar-refractivity contribution in [3.05, 3.63) is 10.6 Å². The lowest BCUT2D eigenvalue weighted by atomic mass is 9.99. The van der Waals surface area contributed by atoms with Gasteiger partial charge in [0, 0.05) is 22.7 Å². The van der Waals surface area contributed by atoms with E-state index in [4.69, 9.17) is 23.2 Å². The van der Waals surface area contributed by atoms with Crippen molar-refractivity contribution >= 4 is 23.2 Å². The highest BCUT2D eigenvalue weighted by atomic mass is 35.5. The van der Waals surface area contributed by atoms with Gasteiger partial charge in [-0.1, -0.05) is 23.2 Å². The molecule has 0 saturated heterocycles. The third-order valence-corrected chi connectivity index (χ3v) is 3.05. The van der Waals surface area contributed by atoms with Crippen molar-refractivity contribution in [2.45, 2.75) is 32.2 Å². The molecular weight excluding hydrogens is 193 g/mol. The summed E-state index contributed by atoms with van der Waals surface area (Å²) in [5.74, 6) is 0.817. The quantitative estimate of drug-likeness (QED) is 0.748. The molecule has 0 atom stereocenters. The molecule has 12 heavy (non-hydrogen) atoms. The van der Waals surface area contributed by atoms with Crippen molar-refractivity contribution in [1.29, 1.82) is 0 Å². The second-order valence-electron chi connectivity index (χ2n) is 3.91. The second-order valence-corrected chi connectivity index (χ2v) is 4.61. The molecule has 3 heteroatoms. The Bertz CT molecular complexity index is 183. The van der Waals surface area contributed by atoms with Crippen LogP contribution in [0.3, 0.4) is 0 Å². The highest BCUT2D eigenvalue weighted by Gasteiger charge is 2.37. The van der Waals surface area contributed by atoms with Gasteiger partial charge in [0.05, 0.1) is 0 Å². The first kappa shape index (κ1) is 10.4. The van der Waals surface area contributed by atoms with Crippen molar-refractivity contribution < 1.29 is 0 Å². The zero-order valence-electron chi connectivity index (χ0n) is 7.53. The standard InChI is InChI=1S/C9H15Cl2N/c1-9(2,7-3-4-7)12-6-8(11)5-10/h5,7,12H,3-4,6H2,1-2H3. The lowest BCUT2D eigenvalue weighted by Crippen LogP contribution is -2.41. The zero-order valence-corrected chi connectivity index (χ0v) is 9.04. The highest BCUT2D eigenvalue weighted by molar-refractivity contribution is 6.36. The Kier molecular flexibility index (Phi) is 3.45. The molecule has 1 N–H and O–H groups in total. The van der Waals surface area contributed by atoms with E-state index in [9.17, 15) is 0 Å². The van der Waals surface area contributed by atoms with E-state index in [0.717, 1.165) is 5.92 Å². The van der Waals surface area contributed by atoms with Crippen LogP contribution in [0.15, 0.2) is 10.6 Å². The van der Waals surface area contributed by atoms with Crippen LogP contribution in [0.4, 0.5) is 0 Å². The molecule has 0 amide bonds. The average molecular weight is 208 g/mol. The summed E-state index contributed by atoms with van der Waals surface area (Å²) >= 11 is 11.2. The molecule has 0 unspecified atom stereocenters. The molecule has 70 valence electrons. The van der Waals surface area contributed by atoms with Crippen molar-refractivity contribution in [3.63, 3.8) is 0 Å². The Balaban J connectivity index is 2.29. The molecule has 0 aliphatic heterocycles. The van der Waals surface area contributed by atoms with Crippen LogP contribution in [-0.4, -0.2) is 12.1 Å². The summed E-state index contributed by atoms with van der Waals surface area (Å²) in [6.45, 7) is 5.10. The molecule has 0 aromatic carbocycles. The number of hydrogen-bond acceptors (Lipinski definition) is 1. The summed E-state index contributed by atoms with van der Waals surface area (Å²) < 4.78 is 0. The van der Waals surface area contributed by atoms with E-state index < -0.39 is 0 Å². The highest BCUT2D eigenvalue weighted by Crippen LogP contribution is 2.39. The van der Waals surface area contributed by atoms with Gasteiger partial charge >= 0.3 is 0 Å². The molecule has 0 bridgehead atoms. The molecule has 0 radical (unpaired) electrons. The summed E-state index contributed by atoms with van der Waals surface area (Å²) in [6, 6.07) is 0. The Morgan fingerprint density at radius 2 is 2.17 bits per heavy atom. The summed E-state index contributed by atoms with van der Waals surface area (Å²) in [7, 11) is 0. The Morgan fingerprint density at radius 1 is 1.58 bits per heavy atom. The van der Waals surface area contributed by atoms with Crippen molar-refractivity contribution in [2.24, 2.45) is 5.92 Å². The largest absolute Gasteiger partial charge is 0.307 e. The molecular formula is C9H15Cl2N. The molecule has 0 aromatic rings. The second kappa shape index (κ2) is 3.99. The number of nitrogens with one attached hydrogen (secondary N) is 1. The third-order valence-electron chi connectivity index (χ3n) is 2.43. The first-order chi connectivity index (χ1) is 5.56. The Hall–Kier alpha value is 0.280. The number of rotatable bonds is 4. The molecule has 0 heterocycles. The van der Waals surface area contributed by atoms with Gasteiger partial charge in [-0.05, 0) is 32.6 Å². The van der Waals surface area contributed by atoms with Crippen LogP contribution in [0.1, 0.15) is 26.7 Å². The summed E-state index contributed by atoms with van der Waals surface area (Å²) in [6.07, 6.45) is 2.67. The van der Waals surface area contributed by atoms with E-state index in [1.54, 1.807) is 0 Å². The van der Waals surface area contributed by atoms with Crippen LogP contribution in [0.2, 0.25) is 0 Å². The predicted octanol–water partition coefficient (Wildman–Crippen LogP) is 3.08. The fourth-order valence-corrected chi connectivity index (χ4v) is 1.44. The molecule has 1 aliphatic rings. The summed E-state index contributed by atoms with van der Waals surface area (Å²) in [4.78, 5) is 0. The lowest BCUT2D eigenvalue weighted by molar-refractivity contribution is 0.356. The number of halogens is 2. The van der Waals surface area contributed by atoms with Crippen LogP contribution in [-0.2, 0) is 0 Å². The van der Waals surface area contributed by atoms with Crippen molar-refractivity contribution in [3.8, 4) is 0 Å². The van der Waals surface area contributed by atoms with Gasteiger partial charge in [0.25, 0.3) is 0 Å². The van der Waals surface area contributed by atoms with Crippen LogP contribution < -0.4 is 5.32 Å². The molecule has 1 nitrogen and oxygen atoms in total. The van der Waals surface area contributed by atoms with Crippen LogP contribution in [0.25, 0.3) is 0 Å². The van der Waals surface area contributed by atoms with Gasteiger partial charge in [0.1, 0.15) is 0 Å². The van der Waals surface area contributed by atoms with E-state index in [1.807, 2.05) is 0 Å². The van der Waals surface area contributed by atoms with Gasteiger partial charge in [-0.3, -0.25) is 0 Å². The van der Waals surface area contributed by atoms with Gasteiger partial charge in [-0.15, -0.1) is 0 Å². The van der Waals surface area contributed by atoms with Crippen molar-refractivity contribution in [2.75, 3.05) is 6.54 Å². The maximum absolute atomic E-state index is 5.76. The Morgan fingerprint density at radius 3 is 2.58 bits per heavy atom. The molecule has 1 rings (SSSR count). The summed E-state index contributed by atoms with van der Waals surface area (Å²) in [5, 5.41) is 4.06. The molecule has 0 spiro atoms. The van der Waals surface area contributed by atoms with Crippen LogP contribution >= 0.6 is 23.2 Å². The molecule has 1 saturated carbocycles. The van der Waals surface area contributed by atoms with Gasteiger partial charge in [0.15, 0.2) is 0 Å². The fraction of sp³-hybridized carbons (Fsp3) is 0.778. The summed E-state index contributed by atoms with van der Waals surface area (Å²) in [5.41, 5.74) is 1.62. The van der Waals surface area contributed by atoms with Gasteiger partial charge in [-0.25, -0.2) is 0 Å². The molecule has 1 aliphatic carbocycles. The normalized spacial score (nSPS) is 19.8. The Labute approximate surface area is 84.1 Å². The monoisotopic (exact) mass is 207 g/mol. The molecule has 1 fully saturated rings. The number of hydrogen-bond donors (Lipinski definition) is 1. The first-order valence-electron chi connectivity index (χ1n) is 4.26. The van der Waals surface area contributed by atoms with E-state index in [2.05, 4.69) is 19.2 Å². The van der Waals surface area contributed by atoms with Crippen LogP contribution in [0.5, 0.6) is 0 Å². The van der Waals surface area contributed by atoms with Crippen LogP contribution in [0, 0.1) is 5.92 Å². The minimum atomic E-state index is 0.208. The van der Waals surface area contributed by atoms with Crippen molar-refractivity contribution in [1.82, 2.24) is 5.32 Å². The smallest absolute Gasteiger partial charge is 0.0432 e. The maximum atomic E-state index is 5.76. The molecule has 0 aromatic heterocycles. The fourth-order valence-electron chi connectivity index (χ4n) is 1.30. The third kappa shape index (κ3) is 2.96. The van der Waals surface area contributed by atoms with E-state index in [1.165, 1.54) is 18.4 Å². The predicted molar refractivity (Wildman–Crippen MR) is 54.6 cm³/mol. The maximum Gasteiger partial charge on any atom is 0.0432 e. The minimum absolute atomic E-state index is 0.208. The zero-order chi connectivity index (χ0) is 9.19. The average Bonchev–Trinajstić information content (AvgIpc) is 2.82. The van der Waals surface area contributed by atoms with E-state index >= 15 is 0 Å². The lowest BCUT2D eigenvalue weighted by Gasteiger charge is -2.25. The van der Waals surface area contributed by atoms with Gasteiger partial charge in [0.2, 0.25) is 0 Å². The minimum Gasteiger partial charge on any atom is -0.307 e.